The number of halogens is 2. The average Bonchev–Trinajstić information content (AvgIpc) is 2.28. The van der Waals surface area contributed by atoms with E-state index in [-0.39, 0.29) is 26.2 Å². The molecule has 13 heteroatoms. The molecule has 128 valence electrons. The zero-order chi connectivity index (χ0) is 17.3. The molecule has 0 bridgehead atoms. The van der Waals surface area contributed by atoms with Gasteiger partial charge in [-0.1, -0.05) is 0 Å². The van der Waals surface area contributed by atoms with Crippen LogP contribution in [-0.4, -0.2) is 49.8 Å². The van der Waals surface area contributed by atoms with Gasteiger partial charge in [0.15, 0.2) is 0 Å². The minimum absolute atomic E-state index is 0.0110. The third-order valence-electron chi connectivity index (χ3n) is 1.20. The van der Waals surface area contributed by atoms with E-state index in [0.717, 1.165) is 0 Å². The molecule has 10 N–H and O–H groups in total. The van der Waals surface area contributed by atoms with Gasteiger partial charge in [0.1, 0.15) is 0 Å². The van der Waals surface area contributed by atoms with Gasteiger partial charge in [0.25, 0.3) is 0 Å². The SMILES string of the molecule is NC(=O)CNCC(N)=O.NC(=O)CNCC(N)=O.[Br][Pd][Br]. The van der Waals surface area contributed by atoms with Crippen molar-refractivity contribution in [2.45, 2.75) is 0 Å². The molecule has 0 fully saturated rings. The second-order valence-electron chi connectivity index (χ2n) is 3.12. The van der Waals surface area contributed by atoms with Crippen LogP contribution in [0.1, 0.15) is 0 Å². The fourth-order valence-electron chi connectivity index (χ4n) is 0.618. The van der Waals surface area contributed by atoms with Crippen molar-refractivity contribution in [3.05, 3.63) is 0 Å². The molecular weight excluding hydrogens is 510 g/mol. The Morgan fingerprint density at radius 3 is 0.905 bits per heavy atom. The summed E-state index contributed by atoms with van der Waals surface area (Å²) in [7, 11) is 0. The Labute approximate surface area is 143 Å². The number of primary amides is 4. The van der Waals surface area contributed by atoms with Gasteiger partial charge in [-0.2, -0.15) is 0 Å². The van der Waals surface area contributed by atoms with E-state index in [2.05, 4.69) is 37.5 Å². The summed E-state index contributed by atoms with van der Waals surface area (Å²) in [4.78, 5) is 40.0. The minimum atomic E-state index is -0.503. The van der Waals surface area contributed by atoms with Gasteiger partial charge in [0, 0.05) is 0 Å². The van der Waals surface area contributed by atoms with Gasteiger partial charge in [-0.05, 0) is 0 Å². The zero-order valence-electron chi connectivity index (χ0n) is 10.8. The summed E-state index contributed by atoms with van der Waals surface area (Å²) < 4.78 is 0. The molecule has 0 aromatic rings. The van der Waals surface area contributed by atoms with Crippen LogP contribution in [0.2, 0.25) is 0 Å². The van der Waals surface area contributed by atoms with Crippen molar-refractivity contribution < 1.29 is 33.1 Å². The topological polar surface area (TPSA) is 196 Å². The average molecular weight is 528 g/mol. The Morgan fingerprint density at radius 2 is 0.810 bits per heavy atom. The molecule has 0 radical (unpaired) electrons. The summed E-state index contributed by atoms with van der Waals surface area (Å²) in [5.41, 5.74) is 18.9. The molecule has 0 aliphatic heterocycles. The number of hydrogen-bond acceptors (Lipinski definition) is 6. The van der Waals surface area contributed by atoms with Gasteiger partial charge >= 0.3 is 40.8 Å². The number of rotatable bonds is 8. The normalized spacial score (nSPS) is 8.67. The van der Waals surface area contributed by atoms with E-state index in [1.807, 2.05) is 0 Å². The summed E-state index contributed by atoms with van der Waals surface area (Å²) in [6.07, 6.45) is 0. The van der Waals surface area contributed by atoms with Crippen LogP contribution in [0.15, 0.2) is 0 Å². The van der Waals surface area contributed by atoms with E-state index in [1.54, 1.807) is 0 Å². The molecule has 0 saturated heterocycles. The van der Waals surface area contributed by atoms with Gasteiger partial charge in [-0.3, -0.25) is 29.8 Å². The van der Waals surface area contributed by atoms with E-state index < -0.39 is 23.6 Å². The van der Waals surface area contributed by atoms with Crippen molar-refractivity contribution in [2.75, 3.05) is 26.2 Å². The van der Waals surface area contributed by atoms with Crippen molar-refractivity contribution in [1.29, 1.82) is 0 Å². The van der Waals surface area contributed by atoms with Gasteiger partial charge < -0.3 is 22.9 Å². The summed E-state index contributed by atoms with van der Waals surface area (Å²) in [6, 6.07) is 0. The third kappa shape index (κ3) is 45.2. The van der Waals surface area contributed by atoms with Crippen molar-refractivity contribution in [3.63, 3.8) is 0 Å². The Hall–Kier alpha value is -0.578. The number of carbonyl (C=O) groups excluding carboxylic acids is 4. The molecule has 0 heterocycles. The molecule has 0 saturated carbocycles. The van der Waals surface area contributed by atoms with Crippen LogP contribution < -0.4 is 33.6 Å². The third-order valence-corrected chi connectivity index (χ3v) is 1.20. The molecule has 0 atom stereocenters. The summed E-state index contributed by atoms with van der Waals surface area (Å²) in [5, 5.41) is 4.87. The first-order chi connectivity index (χ1) is 9.67. The monoisotopic (exact) mass is 526 g/mol. The molecule has 0 aliphatic carbocycles. The second kappa shape index (κ2) is 19.4. The van der Waals surface area contributed by atoms with Gasteiger partial charge in [0.2, 0.25) is 23.6 Å². The van der Waals surface area contributed by atoms with Crippen LogP contribution in [0.25, 0.3) is 0 Å². The Morgan fingerprint density at radius 1 is 0.667 bits per heavy atom. The van der Waals surface area contributed by atoms with Crippen molar-refractivity contribution >= 4 is 50.5 Å². The second-order valence-corrected chi connectivity index (χ2v) is 10.3. The van der Waals surface area contributed by atoms with Crippen LogP contribution in [-0.2, 0) is 33.1 Å². The molecule has 21 heavy (non-hydrogen) atoms. The van der Waals surface area contributed by atoms with Gasteiger partial charge in [0.05, 0.1) is 26.2 Å². The van der Waals surface area contributed by atoms with Crippen LogP contribution in [0.4, 0.5) is 0 Å². The number of nitrogens with one attached hydrogen (secondary N) is 2. The molecule has 4 amide bonds. The van der Waals surface area contributed by atoms with Gasteiger partial charge in [-0.15, -0.1) is 0 Å². The van der Waals surface area contributed by atoms with E-state index >= 15 is 0 Å². The predicted octanol–water partition coefficient (Wildman–Crippen LogP) is -3.22. The predicted molar refractivity (Wildman–Crippen MR) is 80.4 cm³/mol. The number of amides is 4. The first-order valence-corrected chi connectivity index (χ1v) is 12.1. The molecular formula is C8H18Br2N6O4Pd. The molecule has 0 aromatic heterocycles. The standard InChI is InChI=1S/2C4H9N3O2.2BrH.Pd/c2*5-3(8)1-7-2-4(6)9;;;/h2*7H,1-2H2,(H2,5,8)(H2,6,9);2*1H;/q;;;;+2/p-2. The van der Waals surface area contributed by atoms with Crippen LogP contribution in [0.5, 0.6) is 0 Å². The Kier molecular flexibility index (Phi) is 23.5. The van der Waals surface area contributed by atoms with E-state index in [9.17, 15) is 19.2 Å². The molecule has 0 aliphatic rings. The number of carbonyl (C=O) groups is 4. The summed E-state index contributed by atoms with van der Waals surface area (Å²) >= 11 is 6.80. The van der Waals surface area contributed by atoms with E-state index in [0.29, 0.717) is 13.9 Å². The fourth-order valence-corrected chi connectivity index (χ4v) is 0.618. The summed E-state index contributed by atoms with van der Waals surface area (Å²) in [5.74, 6) is -2.01. The van der Waals surface area contributed by atoms with Gasteiger partial charge in [-0.25, -0.2) is 0 Å². The molecule has 0 spiro atoms. The van der Waals surface area contributed by atoms with Crippen LogP contribution in [0.3, 0.4) is 0 Å². The maximum atomic E-state index is 9.99. The number of hydrogen-bond donors (Lipinski definition) is 6. The van der Waals surface area contributed by atoms with E-state index in [4.69, 9.17) is 22.9 Å². The molecule has 10 nitrogen and oxygen atoms in total. The van der Waals surface area contributed by atoms with E-state index in [1.165, 1.54) is 0 Å². The molecule has 0 rings (SSSR count). The molecule has 0 aromatic carbocycles. The maximum absolute atomic E-state index is 9.99. The first-order valence-electron chi connectivity index (χ1n) is 5.04. The Balaban J connectivity index is -0.000000260. The van der Waals surface area contributed by atoms with Crippen molar-refractivity contribution in [2.24, 2.45) is 22.9 Å². The Bertz CT molecular complexity index is 276. The van der Waals surface area contributed by atoms with Crippen molar-refractivity contribution in [3.8, 4) is 0 Å². The van der Waals surface area contributed by atoms with Crippen molar-refractivity contribution in [1.82, 2.24) is 10.6 Å². The summed E-state index contributed by atoms with van der Waals surface area (Å²) in [6.45, 7) is -0.0439. The first kappa shape index (κ1) is 25.4. The zero-order valence-corrected chi connectivity index (χ0v) is 15.6. The fraction of sp³-hybridized carbons (Fsp3) is 0.500. The molecule has 0 unspecified atom stereocenters. The van der Waals surface area contributed by atoms with Crippen LogP contribution in [0, 0.1) is 0 Å². The van der Waals surface area contributed by atoms with Crippen LogP contribution >= 0.6 is 26.9 Å². The quantitative estimate of drug-likeness (QED) is 0.179. The number of nitrogens with two attached hydrogens (primary N) is 4.